The molecule has 1 fully saturated rings. The molecule has 0 bridgehead atoms. The van der Waals surface area contributed by atoms with Crippen LogP contribution in [0.1, 0.15) is 64.5 Å². The zero-order valence-corrected chi connectivity index (χ0v) is 17.4. The summed E-state index contributed by atoms with van der Waals surface area (Å²) in [5, 5.41) is 11.2. The highest BCUT2D eigenvalue weighted by atomic mass is 16.3. The van der Waals surface area contributed by atoms with Crippen LogP contribution in [0.2, 0.25) is 0 Å². The van der Waals surface area contributed by atoms with Crippen molar-refractivity contribution in [2.45, 2.75) is 76.9 Å². The monoisotopic (exact) mass is 390 g/mol. The fraction of sp³-hybridized carbons (Fsp3) is 0.727. The Balaban J connectivity index is 2.29. The van der Waals surface area contributed by atoms with E-state index < -0.39 is 23.5 Å². The van der Waals surface area contributed by atoms with Crippen LogP contribution in [0.5, 0.6) is 0 Å². The van der Waals surface area contributed by atoms with Gasteiger partial charge in [0.25, 0.3) is 0 Å². The van der Waals surface area contributed by atoms with Gasteiger partial charge in [-0.15, -0.1) is 6.58 Å². The molecular weight excluding hydrogens is 352 g/mol. The number of aromatic nitrogens is 2. The van der Waals surface area contributed by atoms with E-state index in [0.29, 0.717) is 30.4 Å². The van der Waals surface area contributed by atoms with Gasteiger partial charge in [-0.25, -0.2) is 4.98 Å². The van der Waals surface area contributed by atoms with Crippen molar-refractivity contribution in [3.05, 3.63) is 30.9 Å². The maximum atomic E-state index is 12.6. The van der Waals surface area contributed by atoms with Gasteiger partial charge in [0.1, 0.15) is 5.54 Å². The van der Waals surface area contributed by atoms with Gasteiger partial charge < -0.3 is 21.6 Å². The summed E-state index contributed by atoms with van der Waals surface area (Å²) in [4.78, 5) is 19.7. The van der Waals surface area contributed by atoms with E-state index in [1.54, 1.807) is 12.5 Å². The number of nitrogens with one attached hydrogen (secondary N) is 1. The number of amides is 1. The van der Waals surface area contributed by atoms with Crippen LogP contribution in [0.15, 0.2) is 25.2 Å². The Morgan fingerprint density at radius 2 is 2.11 bits per heavy atom. The van der Waals surface area contributed by atoms with E-state index in [9.17, 15) is 9.90 Å². The number of carbonyl (C=O) groups excluding carboxylic acids is 1. The molecule has 0 spiro atoms. The number of aromatic amines is 1. The maximum Gasteiger partial charge on any atom is 0.238 e. The van der Waals surface area contributed by atoms with Crippen molar-refractivity contribution in [3.8, 4) is 0 Å². The molecule has 1 aromatic rings. The summed E-state index contributed by atoms with van der Waals surface area (Å²) in [6, 6.07) is 0. The number of nitrogens with zero attached hydrogens (tertiary/aromatic N) is 1. The summed E-state index contributed by atoms with van der Waals surface area (Å²) in [6.45, 7) is 8.15. The Morgan fingerprint density at radius 1 is 1.43 bits per heavy atom. The number of nitrogens with two attached hydrogens (primary N) is 2. The molecule has 6 nitrogen and oxygen atoms in total. The molecule has 0 aliphatic heterocycles. The van der Waals surface area contributed by atoms with Crippen molar-refractivity contribution in [2.75, 3.05) is 0 Å². The van der Waals surface area contributed by atoms with Gasteiger partial charge >= 0.3 is 0 Å². The number of primary amides is 1. The molecule has 1 aliphatic carbocycles. The van der Waals surface area contributed by atoms with E-state index in [-0.39, 0.29) is 12.3 Å². The third kappa shape index (κ3) is 5.67. The number of allylic oxidation sites excluding steroid dienone is 1. The topological polar surface area (TPSA) is 118 Å². The lowest BCUT2D eigenvalue weighted by Gasteiger charge is -2.41. The first-order chi connectivity index (χ1) is 13.3. The van der Waals surface area contributed by atoms with E-state index in [0.717, 1.165) is 12.8 Å². The van der Waals surface area contributed by atoms with E-state index in [1.807, 2.05) is 6.08 Å². The van der Waals surface area contributed by atoms with Gasteiger partial charge in [0.05, 0.1) is 18.1 Å². The first-order valence-electron chi connectivity index (χ1n) is 10.6. The fourth-order valence-corrected chi connectivity index (χ4v) is 4.66. The van der Waals surface area contributed by atoms with Gasteiger partial charge in [0.2, 0.25) is 5.91 Å². The number of hydrogen-bond donors (Lipinski definition) is 4. The van der Waals surface area contributed by atoms with Crippen molar-refractivity contribution >= 4 is 5.91 Å². The average molecular weight is 391 g/mol. The highest BCUT2D eigenvalue weighted by molar-refractivity contribution is 5.85. The molecule has 6 heteroatoms. The summed E-state index contributed by atoms with van der Waals surface area (Å²) in [5.41, 5.74) is 11.8. The summed E-state index contributed by atoms with van der Waals surface area (Å²) < 4.78 is 0. The van der Waals surface area contributed by atoms with Gasteiger partial charge in [-0.3, -0.25) is 4.79 Å². The van der Waals surface area contributed by atoms with Crippen molar-refractivity contribution in [3.63, 3.8) is 0 Å². The first kappa shape index (κ1) is 22.6. The predicted molar refractivity (Wildman–Crippen MR) is 112 cm³/mol. The largest absolute Gasteiger partial charge is 0.393 e. The highest BCUT2D eigenvalue weighted by Crippen LogP contribution is 2.37. The van der Waals surface area contributed by atoms with Crippen molar-refractivity contribution in [1.82, 2.24) is 9.97 Å². The molecule has 1 aliphatic rings. The summed E-state index contributed by atoms with van der Waals surface area (Å²) in [5.74, 6) is -0.00177. The van der Waals surface area contributed by atoms with E-state index in [2.05, 4.69) is 30.4 Å². The molecule has 1 heterocycles. The van der Waals surface area contributed by atoms with Crippen LogP contribution in [0.3, 0.4) is 0 Å². The third-order valence-corrected chi connectivity index (χ3v) is 6.60. The first-order valence-corrected chi connectivity index (χ1v) is 10.6. The quantitative estimate of drug-likeness (QED) is 0.434. The Hall–Kier alpha value is -1.66. The molecule has 28 heavy (non-hydrogen) atoms. The molecule has 158 valence electrons. The number of imidazole rings is 1. The van der Waals surface area contributed by atoms with E-state index >= 15 is 0 Å². The second-order valence-electron chi connectivity index (χ2n) is 8.93. The number of rotatable bonds is 11. The molecule has 4 atom stereocenters. The summed E-state index contributed by atoms with van der Waals surface area (Å²) in [7, 11) is 0. The molecule has 2 rings (SSSR count). The van der Waals surface area contributed by atoms with Gasteiger partial charge in [-0.1, -0.05) is 52.0 Å². The van der Waals surface area contributed by atoms with Crippen molar-refractivity contribution < 1.29 is 9.90 Å². The number of H-pyrrole nitrogens is 1. The summed E-state index contributed by atoms with van der Waals surface area (Å²) in [6.07, 6.45) is 11.8. The van der Waals surface area contributed by atoms with E-state index in [4.69, 9.17) is 11.5 Å². The van der Waals surface area contributed by atoms with Crippen LogP contribution in [0, 0.1) is 23.7 Å². The smallest absolute Gasteiger partial charge is 0.238 e. The SMILES string of the molecule is C=C[C@@H](C[C@H](O)[C@@H](CC1CCCCC1)[C@@](N)(Cc1c[nH]cn1)C(N)=O)C(C)C. The molecule has 0 saturated heterocycles. The Kier molecular flexibility index (Phi) is 8.25. The Labute approximate surface area is 169 Å². The van der Waals surface area contributed by atoms with Crippen LogP contribution in [0.25, 0.3) is 0 Å². The van der Waals surface area contributed by atoms with Crippen LogP contribution in [-0.2, 0) is 11.2 Å². The molecule has 1 saturated carbocycles. The van der Waals surface area contributed by atoms with Gasteiger partial charge in [0.15, 0.2) is 0 Å². The average Bonchev–Trinajstić information content (AvgIpc) is 3.17. The second kappa shape index (κ2) is 10.2. The van der Waals surface area contributed by atoms with Crippen molar-refractivity contribution in [1.29, 1.82) is 0 Å². The molecule has 0 unspecified atom stereocenters. The lowest BCUT2D eigenvalue weighted by molar-refractivity contribution is -0.128. The zero-order valence-electron chi connectivity index (χ0n) is 17.4. The van der Waals surface area contributed by atoms with Crippen LogP contribution in [-0.4, -0.2) is 32.6 Å². The van der Waals surface area contributed by atoms with E-state index in [1.165, 1.54) is 19.3 Å². The standard InChI is InChI=1S/C22H38N4O2/c1-4-17(15(2)3)11-20(27)19(10-16-8-6-5-7-9-16)22(24,21(23)28)12-18-13-25-14-26-18/h4,13-17,19-20,27H,1,5-12,24H2,2-3H3,(H2,23,28)(H,25,26)/t17-,19+,20-,22-/m0/s1. The maximum absolute atomic E-state index is 12.6. The van der Waals surface area contributed by atoms with Gasteiger partial charge in [-0.2, -0.15) is 0 Å². The molecule has 0 aromatic carbocycles. The normalized spacial score (nSPS) is 21.0. The fourth-order valence-electron chi connectivity index (χ4n) is 4.66. The molecule has 6 N–H and O–H groups in total. The molecule has 1 amide bonds. The van der Waals surface area contributed by atoms with Gasteiger partial charge in [0, 0.05) is 18.5 Å². The van der Waals surface area contributed by atoms with Crippen LogP contribution < -0.4 is 11.5 Å². The Morgan fingerprint density at radius 3 is 2.61 bits per heavy atom. The highest BCUT2D eigenvalue weighted by Gasteiger charge is 2.46. The molecular formula is C22H38N4O2. The number of hydrogen-bond acceptors (Lipinski definition) is 4. The van der Waals surface area contributed by atoms with Crippen LogP contribution in [0.4, 0.5) is 0 Å². The molecule has 0 radical (unpaired) electrons. The van der Waals surface area contributed by atoms with Crippen molar-refractivity contribution in [2.24, 2.45) is 35.1 Å². The van der Waals surface area contributed by atoms with Gasteiger partial charge in [-0.05, 0) is 30.6 Å². The lowest BCUT2D eigenvalue weighted by atomic mass is 9.68. The van der Waals surface area contributed by atoms with Crippen LogP contribution >= 0.6 is 0 Å². The zero-order chi connectivity index (χ0) is 20.7. The number of aliphatic hydroxyl groups is 1. The predicted octanol–water partition coefficient (Wildman–Crippen LogP) is 2.93. The molecule has 1 aromatic heterocycles. The number of aliphatic hydroxyl groups excluding tert-OH is 1. The minimum Gasteiger partial charge on any atom is -0.393 e. The minimum absolute atomic E-state index is 0.159. The summed E-state index contributed by atoms with van der Waals surface area (Å²) >= 11 is 0. The second-order valence-corrected chi connectivity index (χ2v) is 8.93. The number of carbonyl (C=O) groups is 1. The Bertz CT molecular complexity index is 610. The minimum atomic E-state index is -1.34. The third-order valence-electron chi connectivity index (χ3n) is 6.60. The lowest BCUT2D eigenvalue weighted by Crippen LogP contribution is -2.62.